The van der Waals surface area contributed by atoms with Crippen molar-refractivity contribution in [1.29, 1.82) is 0 Å². The molecule has 1 heterocycles. The second kappa shape index (κ2) is 4.29. The van der Waals surface area contributed by atoms with Crippen LogP contribution < -0.4 is 5.73 Å². The van der Waals surface area contributed by atoms with Crippen molar-refractivity contribution in [3.8, 4) is 0 Å². The van der Waals surface area contributed by atoms with Crippen molar-refractivity contribution in [2.45, 2.75) is 32.8 Å². The number of ether oxygens (including phenoxy) is 1. The molecule has 0 amide bonds. The number of hydrogen-bond acceptors (Lipinski definition) is 4. The Labute approximate surface area is 89.5 Å². The first kappa shape index (κ1) is 11.5. The second-order valence-corrected chi connectivity index (χ2v) is 4.35. The summed E-state index contributed by atoms with van der Waals surface area (Å²) in [6.45, 7) is 5.52. The molecule has 0 aromatic carbocycles. The van der Waals surface area contributed by atoms with Gasteiger partial charge < -0.3 is 10.5 Å². The average molecular weight is 208 g/mol. The summed E-state index contributed by atoms with van der Waals surface area (Å²) in [4.78, 5) is 15.3. The molecule has 0 atom stereocenters. The van der Waals surface area contributed by atoms with Crippen LogP contribution in [0.15, 0.2) is 18.3 Å². The second-order valence-electron chi connectivity index (χ2n) is 4.35. The van der Waals surface area contributed by atoms with Crippen LogP contribution >= 0.6 is 0 Å². The van der Waals surface area contributed by atoms with E-state index in [2.05, 4.69) is 4.98 Å². The molecular weight excluding hydrogens is 192 g/mol. The molecule has 1 rings (SSSR count). The van der Waals surface area contributed by atoms with E-state index in [1.165, 1.54) is 0 Å². The Kier molecular flexibility index (Phi) is 3.29. The summed E-state index contributed by atoms with van der Waals surface area (Å²) < 4.78 is 5.17. The fraction of sp³-hybridized carbons (Fsp3) is 0.455. The van der Waals surface area contributed by atoms with E-state index in [0.717, 1.165) is 5.56 Å². The molecule has 0 radical (unpaired) electrons. The number of nitrogens with two attached hydrogens (primary N) is 1. The predicted octanol–water partition coefficient (Wildman–Crippen LogP) is 1.55. The summed E-state index contributed by atoms with van der Waals surface area (Å²) in [6, 6.07) is 3.44. The van der Waals surface area contributed by atoms with Crippen LogP contribution in [0.25, 0.3) is 0 Å². The Morgan fingerprint density at radius 3 is 2.60 bits per heavy atom. The van der Waals surface area contributed by atoms with Gasteiger partial charge in [0.1, 0.15) is 11.4 Å². The Balaban J connectivity index is 2.55. The van der Waals surface area contributed by atoms with Crippen LogP contribution in [-0.4, -0.2) is 16.6 Å². The number of hydrogen-bond donors (Lipinski definition) is 1. The number of aromatic nitrogens is 1. The van der Waals surface area contributed by atoms with Gasteiger partial charge in [0.15, 0.2) is 0 Å². The molecule has 0 bridgehead atoms. The van der Waals surface area contributed by atoms with Crippen molar-refractivity contribution in [2.24, 2.45) is 0 Å². The number of rotatable bonds is 2. The first-order chi connectivity index (χ1) is 6.87. The van der Waals surface area contributed by atoms with Gasteiger partial charge in [-0.2, -0.15) is 0 Å². The zero-order valence-electron chi connectivity index (χ0n) is 9.28. The highest BCUT2D eigenvalue weighted by Gasteiger charge is 2.16. The number of nitrogens with zero attached hydrogens (tertiary/aromatic N) is 1. The van der Waals surface area contributed by atoms with Crippen LogP contribution in [0.2, 0.25) is 0 Å². The van der Waals surface area contributed by atoms with Crippen LogP contribution in [0, 0.1) is 0 Å². The SMILES string of the molecule is CC(C)(C)OC(=O)Cc1ccc(N)nc1. The molecule has 0 spiro atoms. The van der Waals surface area contributed by atoms with E-state index in [9.17, 15) is 4.79 Å². The van der Waals surface area contributed by atoms with E-state index in [1.54, 1.807) is 18.3 Å². The zero-order valence-corrected chi connectivity index (χ0v) is 9.28. The van der Waals surface area contributed by atoms with Gasteiger partial charge in [-0.1, -0.05) is 6.07 Å². The van der Waals surface area contributed by atoms with Crippen LogP contribution in [-0.2, 0) is 16.0 Å². The molecule has 2 N–H and O–H groups in total. The lowest BCUT2D eigenvalue weighted by Gasteiger charge is -2.19. The van der Waals surface area contributed by atoms with Gasteiger partial charge in [-0.25, -0.2) is 4.98 Å². The van der Waals surface area contributed by atoms with Crippen LogP contribution in [0.5, 0.6) is 0 Å². The quantitative estimate of drug-likeness (QED) is 0.749. The first-order valence-electron chi connectivity index (χ1n) is 4.79. The fourth-order valence-corrected chi connectivity index (χ4v) is 1.08. The lowest BCUT2D eigenvalue weighted by molar-refractivity contribution is -0.153. The zero-order chi connectivity index (χ0) is 11.5. The van der Waals surface area contributed by atoms with Crippen LogP contribution in [0.3, 0.4) is 0 Å². The normalized spacial score (nSPS) is 11.1. The number of carbonyl (C=O) groups excluding carboxylic acids is 1. The van der Waals surface area contributed by atoms with E-state index in [0.29, 0.717) is 5.82 Å². The monoisotopic (exact) mass is 208 g/mol. The van der Waals surface area contributed by atoms with Gasteiger partial charge in [0.25, 0.3) is 0 Å². The van der Waals surface area contributed by atoms with E-state index in [1.807, 2.05) is 20.8 Å². The molecule has 15 heavy (non-hydrogen) atoms. The summed E-state index contributed by atoms with van der Waals surface area (Å²) in [7, 11) is 0. The summed E-state index contributed by atoms with van der Waals surface area (Å²) in [5.74, 6) is 0.192. The Bertz CT molecular complexity index is 339. The molecule has 0 aliphatic carbocycles. The van der Waals surface area contributed by atoms with Gasteiger partial charge in [0, 0.05) is 6.20 Å². The molecule has 1 aromatic rings. The minimum atomic E-state index is -0.446. The van der Waals surface area contributed by atoms with E-state index < -0.39 is 5.60 Å². The number of pyridine rings is 1. The summed E-state index contributed by atoms with van der Waals surface area (Å²) in [5, 5.41) is 0. The van der Waals surface area contributed by atoms with E-state index >= 15 is 0 Å². The smallest absolute Gasteiger partial charge is 0.310 e. The third-order valence-corrected chi connectivity index (χ3v) is 1.62. The van der Waals surface area contributed by atoms with E-state index in [-0.39, 0.29) is 12.4 Å². The maximum Gasteiger partial charge on any atom is 0.310 e. The molecule has 82 valence electrons. The van der Waals surface area contributed by atoms with Crippen molar-refractivity contribution in [3.63, 3.8) is 0 Å². The van der Waals surface area contributed by atoms with Crippen molar-refractivity contribution in [2.75, 3.05) is 5.73 Å². The number of anilines is 1. The van der Waals surface area contributed by atoms with Gasteiger partial charge in [-0.3, -0.25) is 4.79 Å². The summed E-state index contributed by atoms with van der Waals surface area (Å²) >= 11 is 0. The minimum absolute atomic E-state index is 0.227. The van der Waals surface area contributed by atoms with Gasteiger partial charge in [-0.15, -0.1) is 0 Å². The number of carbonyl (C=O) groups is 1. The maximum atomic E-state index is 11.4. The number of esters is 1. The van der Waals surface area contributed by atoms with Crippen LogP contribution in [0.1, 0.15) is 26.3 Å². The largest absolute Gasteiger partial charge is 0.460 e. The molecule has 0 saturated heterocycles. The molecule has 4 nitrogen and oxygen atoms in total. The van der Waals surface area contributed by atoms with Gasteiger partial charge in [0.2, 0.25) is 0 Å². The summed E-state index contributed by atoms with van der Waals surface area (Å²) in [6.07, 6.45) is 1.81. The molecule has 0 aliphatic heterocycles. The Morgan fingerprint density at radius 2 is 2.13 bits per heavy atom. The number of nitrogen functional groups attached to an aromatic ring is 1. The molecule has 0 saturated carbocycles. The highest BCUT2D eigenvalue weighted by atomic mass is 16.6. The molecule has 4 heteroatoms. The molecule has 0 aliphatic rings. The molecule has 0 unspecified atom stereocenters. The average Bonchev–Trinajstić information content (AvgIpc) is 2.05. The third kappa shape index (κ3) is 4.44. The molecular formula is C11H16N2O2. The van der Waals surface area contributed by atoms with Crippen molar-refractivity contribution in [3.05, 3.63) is 23.9 Å². The van der Waals surface area contributed by atoms with Gasteiger partial charge in [0.05, 0.1) is 6.42 Å². The predicted molar refractivity (Wildman–Crippen MR) is 58.2 cm³/mol. The first-order valence-corrected chi connectivity index (χ1v) is 4.79. The Hall–Kier alpha value is -1.58. The minimum Gasteiger partial charge on any atom is -0.460 e. The topological polar surface area (TPSA) is 65.2 Å². The molecule has 1 aromatic heterocycles. The highest BCUT2D eigenvalue weighted by molar-refractivity contribution is 5.72. The third-order valence-electron chi connectivity index (χ3n) is 1.62. The van der Waals surface area contributed by atoms with E-state index in [4.69, 9.17) is 10.5 Å². The Morgan fingerprint density at radius 1 is 1.47 bits per heavy atom. The lowest BCUT2D eigenvalue weighted by atomic mass is 10.1. The standard InChI is InChI=1S/C11H16N2O2/c1-11(2,3)15-10(14)6-8-4-5-9(12)13-7-8/h4-5,7H,6H2,1-3H3,(H2,12,13). The van der Waals surface area contributed by atoms with Crippen LogP contribution in [0.4, 0.5) is 5.82 Å². The van der Waals surface area contributed by atoms with Crippen molar-refractivity contribution < 1.29 is 9.53 Å². The summed E-state index contributed by atoms with van der Waals surface area (Å²) in [5.41, 5.74) is 5.79. The fourth-order valence-electron chi connectivity index (χ4n) is 1.08. The maximum absolute atomic E-state index is 11.4. The highest BCUT2D eigenvalue weighted by Crippen LogP contribution is 2.10. The van der Waals surface area contributed by atoms with Crippen molar-refractivity contribution >= 4 is 11.8 Å². The van der Waals surface area contributed by atoms with Gasteiger partial charge in [-0.05, 0) is 32.4 Å². The van der Waals surface area contributed by atoms with Gasteiger partial charge >= 0.3 is 5.97 Å². The van der Waals surface area contributed by atoms with Crippen molar-refractivity contribution in [1.82, 2.24) is 4.98 Å². The molecule has 0 fully saturated rings. The lowest BCUT2D eigenvalue weighted by Crippen LogP contribution is -2.24.